The van der Waals surface area contributed by atoms with E-state index in [1.54, 1.807) is 0 Å². The highest BCUT2D eigenvalue weighted by Gasteiger charge is 2.16. The van der Waals surface area contributed by atoms with Gasteiger partial charge in [0.05, 0.1) is 17.9 Å². The molecule has 0 atom stereocenters. The maximum Gasteiger partial charge on any atom is 0.265 e. The van der Waals surface area contributed by atoms with E-state index < -0.39 is 0 Å². The van der Waals surface area contributed by atoms with Crippen molar-refractivity contribution in [1.82, 2.24) is 9.97 Å². The quantitative estimate of drug-likeness (QED) is 0.737. The molecule has 0 amide bonds. The van der Waals surface area contributed by atoms with E-state index in [2.05, 4.69) is 48.8 Å². The molecule has 0 aliphatic rings. The molecule has 0 fully saturated rings. The number of aromatic nitrogens is 2. The first-order valence-corrected chi connectivity index (χ1v) is 8.75. The average molecular weight is 430 g/mol. The Labute approximate surface area is 146 Å². The fourth-order valence-electron chi connectivity index (χ4n) is 2.01. The summed E-state index contributed by atoms with van der Waals surface area (Å²) < 4.78 is 7.16. The Morgan fingerprint density at radius 1 is 1.32 bits per heavy atom. The molecule has 0 radical (unpaired) electrons. The van der Waals surface area contributed by atoms with Crippen LogP contribution in [-0.4, -0.2) is 16.6 Å². The molecule has 1 aromatic heterocycles. The van der Waals surface area contributed by atoms with Gasteiger partial charge in [0.25, 0.3) is 5.56 Å². The smallest absolute Gasteiger partial charge is 0.265 e. The highest BCUT2D eigenvalue weighted by molar-refractivity contribution is 9.10. The van der Waals surface area contributed by atoms with Crippen LogP contribution in [0.4, 0.5) is 0 Å². The summed E-state index contributed by atoms with van der Waals surface area (Å²) in [6, 6.07) is 5.70. The van der Waals surface area contributed by atoms with Crippen molar-refractivity contribution in [3.8, 4) is 17.1 Å². The SMILES string of the molecule is CCCOc1ccc(Br)cc1-c1nc(C(C)C)c(Br)c(=O)[nH]1. The van der Waals surface area contributed by atoms with Crippen molar-refractivity contribution >= 4 is 31.9 Å². The van der Waals surface area contributed by atoms with E-state index in [-0.39, 0.29) is 11.5 Å². The zero-order chi connectivity index (χ0) is 16.3. The van der Waals surface area contributed by atoms with Gasteiger partial charge in [0.15, 0.2) is 0 Å². The maximum atomic E-state index is 12.2. The lowest BCUT2D eigenvalue weighted by molar-refractivity contribution is 0.318. The largest absolute Gasteiger partial charge is 0.493 e. The summed E-state index contributed by atoms with van der Waals surface area (Å²) in [6.07, 6.45) is 0.914. The fourth-order valence-corrected chi connectivity index (χ4v) is 3.02. The molecule has 0 saturated carbocycles. The lowest BCUT2D eigenvalue weighted by atomic mass is 10.1. The maximum absolute atomic E-state index is 12.2. The second-order valence-electron chi connectivity index (χ2n) is 5.26. The summed E-state index contributed by atoms with van der Waals surface area (Å²) >= 11 is 6.77. The number of rotatable bonds is 5. The summed E-state index contributed by atoms with van der Waals surface area (Å²) in [4.78, 5) is 19.6. The number of benzene rings is 1. The molecule has 1 heterocycles. The van der Waals surface area contributed by atoms with E-state index >= 15 is 0 Å². The van der Waals surface area contributed by atoms with Crippen molar-refractivity contribution in [2.75, 3.05) is 6.61 Å². The second-order valence-corrected chi connectivity index (χ2v) is 6.97. The van der Waals surface area contributed by atoms with Crippen LogP contribution in [0.1, 0.15) is 38.8 Å². The van der Waals surface area contributed by atoms with E-state index in [1.165, 1.54) is 0 Å². The van der Waals surface area contributed by atoms with Crippen molar-refractivity contribution in [2.24, 2.45) is 0 Å². The Morgan fingerprint density at radius 2 is 2.05 bits per heavy atom. The molecule has 6 heteroatoms. The zero-order valence-electron chi connectivity index (χ0n) is 12.7. The van der Waals surface area contributed by atoms with Gasteiger partial charge in [-0.2, -0.15) is 0 Å². The van der Waals surface area contributed by atoms with Crippen molar-refractivity contribution in [3.63, 3.8) is 0 Å². The van der Waals surface area contributed by atoms with Crippen molar-refractivity contribution < 1.29 is 4.74 Å². The Morgan fingerprint density at radius 3 is 2.68 bits per heavy atom. The van der Waals surface area contributed by atoms with Crippen molar-refractivity contribution in [2.45, 2.75) is 33.1 Å². The summed E-state index contributed by atoms with van der Waals surface area (Å²) in [5, 5.41) is 0. The van der Waals surface area contributed by atoms with Gasteiger partial charge in [-0.15, -0.1) is 0 Å². The molecule has 1 N–H and O–H groups in total. The van der Waals surface area contributed by atoms with Gasteiger partial charge in [-0.1, -0.05) is 36.7 Å². The molecular formula is C16H18Br2N2O2. The molecule has 22 heavy (non-hydrogen) atoms. The minimum atomic E-state index is -0.185. The first-order chi connectivity index (χ1) is 10.4. The van der Waals surface area contributed by atoms with Gasteiger partial charge in [-0.05, 0) is 46.5 Å². The monoisotopic (exact) mass is 428 g/mol. The molecule has 118 valence electrons. The number of H-pyrrole nitrogens is 1. The van der Waals surface area contributed by atoms with Gasteiger partial charge in [0.2, 0.25) is 0 Å². The van der Waals surface area contributed by atoms with Crippen LogP contribution < -0.4 is 10.3 Å². The molecule has 4 nitrogen and oxygen atoms in total. The van der Waals surface area contributed by atoms with Gasteiger partial charge < -0.3 is 9.72 Å². The third-order valence-electron chi connectivity index (χ3n) is 3.09. The van der Waals surface area contributed by atoms with Crippen LogP contribution in [0.5, 0.6) is 5.75 Å². The normalized spacial score (nSPS) is 11.0. The van der Waals surface area contributed by atoms with Gasteiger partial charge >= 0.3 is 0 Å². The zero-order valence-corrected chi connectivity index (χ0v) is 15.9. The highest BCUT2D eigenvalue weighted by Crippen LogP contribution is 2.32. The highest BCUT2D eigenvalue weighted by atomic mass is 79.9. The van der Waals surface area contributed by atoms with E-state index in [9.17, 15) is 4.79 Å². The van der Waals surface area contributed by atoms with Crippen LogP contribution in [0.3, 0.4) is 0 Å². The Hall–Kier alpha value is -1.14. The summed E-state index contributed by atoms with van der Waals surface area (Å²) in [6.45, 7) is 6.68. The molecule has 2 rings (SSSR count). The Bertz CT molecular complexity index is 727. The standard InChI is InChI=1S/C16H18Br2N2O2/c1-4-7-22-12-6-5-10(17)8-11(12)15-19-14(9(2)3)13(18)16(21)20-15/h5-6,8-9H,4,7H2,1-3H3,(H,19,20,21). The molecule has 0 spiro atoms. The van der Waals surface area contributed by atoms with Crippen LogP contribution >= 0.6 is 31.9 Å². The Balaban J connectivity index is 2.60. The van der Waals surface area contributed by atoms with Crippen LogP contribution in [0.25, 0.3) is 11.4 Å². The van der Waals surface area contributed by atoms with Gasteiger partial charge in [-0.25, -0.2) is 4.98 Å². The van der Waals surface area contributed by atoms with Crippen LogP contribution in [0, 0.1) is 0 Å². The molecule has 0 aliphatic heterocycles. The summed E-state index contributed by atoms with van der Waals surface area (Å²) in [5.41, 5.74) is 1.32. The molecular weight excluding hydrogens is 412 g/mol. The number of hydrogen-bond donors (Lipinski definition) is 1. The predicted octanol–water partition coefficient (Wildman–Crippen LogP) is 4.87. The first kappa shape index (κ1) is 17.2. The summed E-state index contributed by atoms with van der Waals surface area (Å²) in [5.74, 6) is 1.37. The molecule has 0 aliphatic carbocycles. The number of nitrogens with one attached hydrogen (secondary N) is 1. The van der Waals surface area contributed by atoms with Crippen molar-refractivity contribution in [1.29, 1.82) is 0 Å². The van der Waals surface area contributed by atoms with Crippen molar-refractivity contribution in [3.05, 3.63) is 43.2 Å². The van der Waals surface area contributed by atoms with Gasteiger partial charge in [0, 0.05) is 4.47 Å². The average Bonchev–Trinajstić information content (AvgIpc) is 2.48. The second kappa shape index (κ2) is 7.42. The van der Waals surface area contributed by atoms with Crippen LogP contribution in [0.2, 0.25) is 0 Å². The predicted molar refractivity (Wildman–Crippen MR) is 95.6 cm³/mol. The molecule has 0 unspecified atom stereocenters. The third kappa shape index (κ3) is 3.79. The number of halogens is 2. The molecule has 0 bridgehead atoms. The molecule has 0 saturated heterocycles. The topological polar surface area (TPSA) is 55.0 Å². The van der Waals surface area contributed by atoms with E-state index in [0.29, 0.717) is 22.7 Å². The van der Waals surface area contributed by atoms with E-state index in [0.717, 1.165) is 22.2 Å². The molecule has 1 aromatic carbocycles. The van der Waals surface area contributed by atoms with Gasteiger partial charge in [-0.3, -0.25) is 4.79 Å². The fraction of sp³-hybridized carbons (Fsp3) is 0.375. The van der Waals surface area contributed by atoms with Crippen LogP contribution in [0.15, 0.2) is 31.9 Å². The summed E-state index contributed by atoms with van der Waals surface area (Å²) in [7, 11) is 0. The molecule has 2 aromatic rings. The third-order valence-corrected chi connectivity index (χ3v) is 4.35. The minimum absolute atomic E-state index is 0.141. The lowest BCUT2D eigenvalue weighted by Gasteiger charge is -2.13. The van der Waals surface area contributed by atoms with Crippen LogP contribution in [-0.2, 0) is 0 Å². The van der Waals surface area contributed by atoms with Gasteiger partial charge in [0.1, 0.15) is 16.0 Å². The number of aromatic amines is 1. The minimum Gasteiger partial charge on any atom is -0.493 e. The number of hydrogen-bond acceptors (Lipinski definition) is 3. The number of ether oxygens (including phenoxy) is 1. The van der Waals surface area contributed by atoms with E-state index in [4.69, 9.17) is 4.74 Å². The number of nitrogens with zero attached hydrogens (tertiary/aromatic N) is 1. The first-order valence-electron chi connectivity index (χ1n) is 7.16. The Kier molecular flexibility index (Phi) is 5.81. The van der Waals surface area contributed by atoms with E-state index in [1.807, 2.05) is 32.0 Å². The lowest BCUT2D eigenvalue weighted by Crippen LogP contribution is -2.15.